The number of hydrogen-bond acceptors (Lipinski definition) is 7. The number of hydrogen-bond donors (Lipinski definition) is 3. The number of fused-ring (bicyclic) bond motifs is 2. The minimum absolute atomic E-state index is 0.0819. The first-order chi connectivity index (χ1) is 14.0. The molecule has 1 atom stereocenters. The lowest BCUT2D eigenvalue weighted by Crippen LogP contribution is -2.61. The quantitative estimate of drug-likeness (QED) is 0.667. The van der Waals surface area contributed by atoms with Gasteiger partial charge >= 0.3 is 0 Å². The molecule has 1 amide bonds. The fraction of sp³-hybridized carbons (Fsp3) is 0.500. The van der Waals surface area contributed by atoms with Gasteiger partial charge in [-0.2, -0.15) is 0 Å². The summed E-state index contributed by atoms with van der Waals surface area (Å²) in [7, 11) is 0. The topological polar surface area (TPSA) is 118 Å². The average Bonchev–Trinajstić information content (AvgIpc) is 2.94. The molecule has 4 heterocycles. The van der Waals surface area contributed by atoms with Gasteiger partial charge in [0.05, 0.1) is 0 Å². The number of nitrogen functional groups attached to an aromatic ring is 1. The van der Waals surface area contributed by atoms with E-state index in [1.165, 1.54) is 6.33 Å². The minimum atomic E-state index is -0.786. The fourth-order valence-corrected chi connectivity index (χ4v) is 4.49. The zero-order valence-corrected chi connectivity index (χ0v) is 18.3. The number of aryl methyl sites for hydroxylation is 1. The van der Waals surface area contributed by atoms with Crippen molar-refractivity contribution in [2.45, 2.75) is 51.7 Å². The Morgan fingerprint density at radius 1 is 1.30 bits per heavy atom. The fourth-order valence-electron chi connectivity index (χ4n) is 4.34. The maximum Gasteiger partial charge on any atom is 0.276 e. The maximum absolute atomic E-state index is 13.6. The molecular formula is C20H26ClN7O2. The number of nitrogens with one attached hydrogen (secondary N) is 2. The molecule has 30 heavy (non-hydrogen) atoms. The highest BCUT2D eigenvalue weighted by Gasteiger charge is 2.48. The van der Waals surface area contributed by atoms with Gasteiger partial charge < -0.3 is 16.4 Å². The molecule has 1 spiro atoms. The molecule has 0 aliphatic carbocycles. The lowest BCUT2D eigenvalue weighted by Gasteiger charge is -2.46. The van der Waals surface area contributed by atoms with Gasteiger partial charge in [0.1, 0.15) is 34.2 Å². The number of nitrogens with zero attached hydrogens (tertiary/aromatic N) is 4. The van der Waals surface area contributed by atoms with Crippen LogP contribution in [-0.2, 0) is 5.66 Å². The van der Waals surface area contributed by atoms with Gasteiger partial charge in [0.2, 0.25) is 0 Å². The third kappa shape index (κ3) is 3.22. The van der Waals surface area contributed by atoms with Crippen molar-refractivity contribution < 1.29 is 4.79 Å². The number of anilines is 3. The highest BCUT2D eigenvalue weighted by Crippen LogP contribution is 2.35. The summed E-state index contributed by atoms with van der Waals surface area (Å²) in [6.07, 6.45) is 2.83. The molecular weight excluding hydrogens is 406 g/mol. The summed E-state index contributed by atoms with van der Waals surface area (Å²) < 4.78 is 1.61. The van der Waals surface area contributed by atoms with Gasteiger partial charge in [-0.15, -0.1) is 0 Å². The van der Waals surface area contributed by atoms with Crippen LogP contribution in [0.15, 0.2) is 17.2 Å². The third-order valence-corrected chi connectivity index (χ3v) is 6.24. The van der Waals surface area contributed by atoms with Crippen LogP contribution in [0.25, 0.3) is 0 Å². The average molecular weight is 432 g/mol. The number of nitrogens with two attached hydrogens (primary N) is 1. The number of likely N-dealkylation sites (tertiary alicyclic amines) is 1. The summed E-state index contributed by atoms with van der Waals surface area (Å²) in [6.45, 7) is 9.69. The van der Waals surface area contributed by atoms with Crippen LogP contribution in [0.1, 0.15) is 49.7 Å². The van der Waals surface area contributed by atoms with E-state index in [9.17, 15) is 9.59 Å². The monoisotopic (exact) mass is 431 g/mol. The lowest BCUT2D eigenvalue weighted by molar-refractivity contribution is 0.0209. The van der Waals surface area contributed by atoms with E-state index in [0.717, 1.165) is 13.0 Å². The van der Waals surface area contributed by atoms with Gasteiger partial charge in [-0.25, -0.2) is 9.97 Å². The third-order valence-electron chi connectivity index (χ3n) is 5.87. The van der Waals surface area contributed by atoms with E-state index in [0.29, 0.717) is 24.2 Å². The first-order valence-electron chi connectivity index (χ1n) is 9.91. The van der Waals surface area contributed by atoms with Crippen molar-refractivity contribution in [3.05, 3.63) is 39.0 Å². The van der Waals surface area contributed by atoms with E-state index in [4.69, 9.17) is 17.3 Å². The Morgan fingerprint density at radius 2 is 2.03 bits per heavy atom. The van der Waals surface area contributed by atoms with Crippen LogP contribution >= 0.6 is 11.6 Å². The molecule has 4 N–H and O–H groups in total. The number of carbonyl (C=O) groups is 1. The van der Waals surface area contributed by atoms with Crippen molar-refractivity contribution >= 4 is 34.8 Å². The molecule has 0 aromatic carbocycles. The summed E-state index contributed by atoms with van der Waals surface area (Å²) in [5, 5.41) is 6.23. The van der Waals surface area contributed by atoms with Crippen molar-refractivity contribution in [3.63, 3.8) is 0 Å². The Hall–Kier alpha value is -2.65. The van der Waals surface area contributed by atoms with Crippen LogP contribution in [0.5, 0.6) is 0 Å². The van der Waals surface area contributed by atoms with Crippen LogP contribution in [0, 0.1) is 6.92 Å². The molecule has 4 rings (SSSR count). The zero-order chi connectivity index (χ0) is 21.8. The van der Waals surface area contributed by atoms with Crippen molar-refractivity contribution in [1.82, 2.24) is 24.8 Å². The normalized spacial score (nSPS) is 21.6. The number of piperidine rings is 1. The summed E-state index contributed by atoms with van der Waals surface area (Å²) >= 11 is 6.19. The first-order valence-corrected chi connectivity index (χ1v) is 10.3. The van der Waals surface area contributed by atoms with Crippen molar-refractivity contribution in [3.8, 4) is 0 Å². The molecule has 2 aliphatic heterocycles. The van der Waals surface area contributed by atoms with E-state index in [1.807, 2.05) is 6.92 Å². The predicted molar refractivity (Wildman–Crippen MR) is 116 cm³/mol. The van der Waals surface area contributed by atoms with Crippen LogP contribution < -0.4 is 21.9 Å². The van der Waals surface area contributed by atoms with Gasteiger partial charge in [-0.3, -0.25) is 19.1 Å². The van der Waals surface area contributed by atoms with Gasteiger partial charge in [0.15, 0.2) is 5.82 Å². The van der Waals surface area contributed by atoms with Crippen LogP contribution in [0.2, 0.25) is 5.02 Å². The van der Waals surface area contributed by atoms with Crippen molar-refractivity contribution in [1.29, 1.82) is 0 Å². The summed E-state index contributed by atoms with van der Waals surface area (Å²) in [6, 6.07) is 1.64. The van der Waals surface area contributed by atoms with Crippen molar-refractivity contribution in [2.24, 2.45) is 0 Å². The first kappa shape index (κ1) is 20.6. The van der Waals surface area contributed by atoms with E-state index in [2.05, 4.69) is 46.3 Å². The summed E-state index contributed by atoms with van der Waals surface area (Å²) in [5.41, 5.74) is 5.94. The molecule has 160 valence electrons. The number of rotatable bonds is 2. The number of halogens is 1. The lowest BCUT2D eigenvalue weighted by atomic mass is 9.93. The largest absolute Gasteiger partial charge is 0.382 e. The van der Waals surface area contributed by atoms with E-state index in [1.54, 1.807) is 10.6 Å². The van der Waals surface area contributed by atoms with Crippen LogP contribution in [0.4, 0.5) is 17.3 Å². The van der Waals surface area contributed by atoms with E-state index in [-0.39, 0.29) is 39.4 Å². The summed E-state index contributed by atoms with van der Waals surface area (Å²) in [4.78, 5) is 36.7. The Morgan fingerprint density at radius 3 is 2.73 bits per heavy atom. The molecule has 9 nitrogen and oxygen atoms in total. The standard InChI is InChI=1S/C20H26ClN7O2/c1-11-8-12(25-16-13(21)15(22)23-10-24-16)18(30)28-14(11)17(29)26-20(28)6-5-7-27(9-20)19(2,3)4/h8,10H,5-7,9H2,1-4H3,(H,26,29)(H3,22,23,24,25). The Bertz CT molecular complexity index is 1090. The second-order valence-corrected chi connectivity index (χ2v) is 9.34. The zero-order valence-electron chi connectivity index (χ0n) is 17.5. The number of aromatic nitrogens is 3. The molecule has 1 unspecified atom stereocenters. The molecule has 0 radical (unpaired) electrons. The second kappa shape index (κ2) is 6.95. The van der Waals surface area contributed by atoms with Gasteiger partial charge in [0.25, 0.3) is 11.5 Å². The van der Waals surface area contributed by atoms with Gasteiger partial charge in [-0.05, 0) is 58.7 Å². The Kier molecular flexibility index (Phi) is 4.78. The van der Waals surface area contributed by atoms with Crippen molar-refractivity contribution in [2.75, 3.05) is 24.1 Å². The molecule has 10 heteroatoms. The van der Waals surface area contributed by atoms with E-state index >= 15 is 0 Å². The smallest absolute Gasteiger partial charge is 0.276 e. The van der Waals surface area contributed by atoms with Gasteiger partial charge in [0, 0.05) is 12.1 Å². The Balaban J connectivity index is 1.83. The minimum Gasteiger partial charge on any atom is -0.382 e. The molecule has 0 bridgehead atoms. The molecule has 0 saturated carbocycles. The van der Waals surface area contributed by atoms with Crippen LogP contribution in [-0.4, -0.2) is 44.0 Å². The highest BCUT2D eigenvalue weighted by atomic mass is 35.5. The Labute approximate surface area is 179 Å². The SMILES string of the molecule is Cc1cc(Nc2ncnc(N)c2Cl)c(=O)n2c1C(=O)NC21CCCN(C(C)(C)C)C1. The molecule has 2 aromatic rings. The highest BCUT2D eigenvalue weighted by molar-refractivity contribution is 6.35. The molecule has 2 aromatic heterocycles. The number of pyridine rings is 1. The summed E-state index contributed by atoms with van der Waals surface area (Å²) in [5.74, 6) is 0.136. The predicted octanol–water partition coefficient (Wildman–Crippen LogP) is 2.22. The molecule has 1 fully saturated rings. The van der Waals surface area contributed by atoms with E-state index < -0.39 is 5.66 Å². The molecule has 1 saturated heterocycles. The van der Waals surface area contributed by atoms with Gasteiger partial charge in [-0.1, -0.05) is 11.6 Å². The maximum atomic E-state index is 13.6. The molecule has 2 aliphatic rings. The number of amides is 1. The second-order valence-electron chi connectivity index (χ2n) is 8.96. The van der Waals surface area contributed by atoms with Crippen LogP contribution in [0.3, 0.4) is 0 Å². The number of carbonyl (C=O) groups excluding carboxylic acids is 1.